The summed E-state index contributed by atoms with van der Waals surface area (Å²) in [6.45, 7) is 0.0781. The molecule has 0 saturated heterocycles. The molecule has 36 heavy (non-hydrogen) atoms. The molecule has 0 radical (unpaired) electrons. The van der Waals surface area contributed by atoms with Crippen LogP contribution in [0.25, 0.3) is 5.57 Å². The second kappa shape index (κ2) is 10.8. The molecule has 0 fully saturated rings. The third-order valence-electron chi connectivity index (χ3n) is 6.65. The molecule has 1 N–H and O–H groups in total. The topological polar surface area (TPSA) is 24.5 Å². The van der Waals surface area contributed by atoms with Crippen molar-refractivity contribution >= 4 is 5.57 Å². The molecule has 4 rings (SSSR count). The van der Waals surface area contributed by atoms with Crippen molar-refractivity contribution in [1.82, 2.24) is 10.2 Å². The van der Waals surface area contributed by atoms with Gasteiger partial charge in [0.05, 0.1) is 24.8 Å². The maximum absolute atomic E-state index is 15.7. The van der Waals surface area contributed by atoms with Crippen LogP contribution in [0.5, 0.6) is 5.75 Å². The summed E-state index contributed by atoms with van der Waals surface area (Å²) >= 11 is 0. The largest absolute Gasteiger partial charge is 0.489 e. The first kappa shape index (κ1) is 26.5. The Hall–Kier alpha value is -2.59. The van der Waals surface area contributed by atoms with Crippen LogP contribution >= 0.6 is 0 Å². The Morgan fingerprint density at radius 1 is 1.08 bits per heavy atom. The van der Waals surface area contributed by atoms with E-state index in [1.807, 2.05) is 12.1 Å². The summed E-state index contributed by atoms with van der Waals surface area (Å²) in [4.78, 5) is 0.994. The summed E-state index contributed by atoms with van der Waals surface area (Å²) in [5, 5.41) is 2.86. The predicted molar refractivity (Wildman–Crippen MR) is 122 cm³/mol. The van der Waals surface area contributed by atoms with Crippen molar-refractivity contribution in [3.63, 3.8) is 0 Å². The molecule has 0 unspecified atom stereocenters. The first-order valence-corrected chi connectivity index (χ1v) is 11.8. The van der Waals surface area contributed by atoms with Crippen molar-refractivity contribution < 1.29 is 35.5 Å². The van der Waals surface area contributed by atoms with Gasteiger partial charge >= 0.3 is 6.18 Å². The highest BCUT2D eigenvalue weighted by Crippen LogP contribution is 2.51. The van der Waals surface area contributed by atoms with E-state index in [9.17, 15) is 22.0 Å². The lowest BCUT2D eigenvalue weighted by Gasteiger charge is -2.42. The van der Waals surface area contributed by atoms with Crippen LogP contribution in [0, 0.1) is 17.5 Å². The quantitative estimate of drug-likeness (QED) is 0.246. The summed E-state index contributed by atoms with van der Waals surface area (Å²) in [6, 6.07) is 5.64. The third-order valence-corrected chi connectivity index (χ3v) is 6.65. The van der Waals surface area contributed by atoms with Crippen LogP contribution in [-0.2, 0) is 6.42 Å². The van der Waals surface area contributed by atoms with Crippen molar-refractivity contribution in [1.29, 1.82) is 0 Å². The van der Waals surface area contributed by atoms with Crippen LogP contribution in [0.2, 0.25) is 0 Å². The highest BCUT2D eigenvalue weighted by Gasteiger charge is 2.46. The summed E-state index contributed by atoms with van der Waals surface area (Å²) in [7, 11) is 0. The average molecular weight is 517 g/mol. The zero-order chi connectivity index (χ0) is 26.0. The lowest BCUT2D eigenvalue weighted by atomic mass is 9.84. The number of ether oxygens (including phenoxy) is 1. The van der Waals surface area contributed by atoms with E-state index in [1.54, 1.807) is 19.1 Å². The second-order valence-corrected chi connectivity index (χ2v) is 9.12. The molecule has 1 heterocycles. The fourth-order valence-electron chi connectivity index (χ4n) is 5.11. The molecule has 0 aromatic heterocycles. The summed E-state index contributed by atoms with van der Waals surface area (Å²) < 4.78 is 104. The van der Waals surface area contributed by atoms with E-state index in [2.05, 4.69) is 5.32 Å². The van der Waals surface area contributed by atoms with E-state index < -0.39 is 60.2 Å². The Morgan fingerprint density at radius 3 is 2.56 bits per heavy atom. The highest BCUT2D eigenvalue weighted by atomic mass is 19.4. The average Bonchev–Trinajstić information content (AvgIpc) is 3.18. The number of hydrogen-bond donors (Lipinski definition) is 1. The van der Waals surface area contributed by atoms with Crippen LogP contribution in [0.3, 0.4) is 0 Å². The van der Waals surface area contributed by atoms with E-state index in [1.165, 1.54) is 0 Å². The minimum Gasteiger partial charge on any atom is -0.489 e. The second-order valence-electron chi connectivity index (χ2n) is 9.12. The molecule has 2 aromatic carbocycles. The number of hydrogen-bond acceptors (Lipinski definition) is 3. The first-order chi connectivity index (χ1) is 17.1. The number of nitrogens with zero attached hydrogens (tertiary/aromatic N) is 1. The Morgan fingerprint density at radius 2 is 1.83 bits per heavy atom. The van der Waals surface area contributed by atoms with Crippen molar-refractivity contribution in [2.75, 3.05) is 32.9 Å². The van der Waals surface area contributed by atoms with Gasteiger partial charge in [-0.05, 0) is 55.0 Å². The smallest absolute Gasteiger partial charge is 0.401 e. The van der Waals surface area contributed by atoms with Crippen molar-refractivity contribution in [2.45, 2.75) is 44.4 Å². The van der Waals surface area contributed by atoms with Crippen LogP contribution in [-0.4, -0.2) is 50.0 Å². The molecule has 10 heteroatoms. The number of halogens is 7. The Kier molecular flexibility index (Phi) is 7.94. The zero-order valence-electron chi connectivity index (χ0n) is 19.7. The maximum atomic E-state index is 15.7. The molecule has 2 aromatic rings. The van der Waals surface area contributed by atoms with E-state index in [4.69, 9.17) is 4.74 Å². The molecular formula is C26H27F7N2O. The van der Waals surface area contributed by atoms with Gasteiger partial charge in [-0.3, -0.25) is 9.29 Å². The fourth-order valence-corrected chi connectivity index (χ4v) is 5.11. The van der Waals surface area contributed by atoms with E-state index >= 15 is 8.78 Å². The molecule has 0 spiro atoms. The molecule has 0 bridgehead atoms. The third kappa shape index (κ3) is 5.39. The molecule has 2 aliphatic rings. The van der Waals surface area contributed by atoms with Gasteiger partial charge in [-0.25, -0.2) is 13.2 Å². The molecule has 1 aliphatic heterocycles. The number of alkyl halides is 4. The van der Waals surface area contributed by atoms with E-state index in [0.717, 1.165) is 21.6 Å². The van der Waals surface area contributed by atoms with Gasteiger partial charge < -0.3 is 10.1 Å². The normalized spacial score (nSPS) is 20.0. The minimum absolute atomic E-state index is 0.125. The van der Waals surface area contributed by atoms with Crippen LogP contribution < -0.4 is 10.1 Å². The number of rotatable bonds is 9. The van der Waals surface area contributed by atoms with Crippen LogP contribution in [0.15, 0.2) is 35.9 Å². The SMILES string of the molecule is C[C@@H]1CC2=C(Cc3ccccc32)[C@@H](c2c(F)c(F)cc(OCCNCCCF)c2F)N1CC(F)(F)F. The van der Waals surface area contributed by atoms with Crippen LogP contribution in [0.4, 0.5) is 30.7 Å². The molecule has 0 saturated carbocycles. The minimum atomic E-state index is -4.64. The summed E-state index contributed by atoms with van der Waals surface area (Å²) in [5.41, 5.74) is 2.07. The monoisotopic (exact) mass is 516 g/mol. The van der Waals surface area contributed by atoms with Gasteiger partial charge in [0.15, 0.2) is 23.2 Å². The van der Waals surface area contributed by atoms with Gasteiger partial charge in [0.25, 0.3) is 0 Å². The first-order valence-electron chi connectivity index (χ1n) is 11.8. The van der Waals surface area contributed by atoms with Gasteiger partial charge in [-0.1, -0.05) is 24.3 Å². The number of fused-ring (bicyclic) bond motifs is 2. The molecule has 2 atom stereocenters. The highest BCUT2D eigenvalue weighted by molar-refractivity contribution is 5.79. The Labute approximate surface area is 204 Å². The van der Waals surface area contributed by atoms with E-state index in [0.29, 0.717) is 18.2 Å². The predicted octanol–water partition coefficient (Wildman–Crippen LogP) is 6.14. The lowest BCUT2D eigenvalue weighted by Crippen LogP contribution is -2.46. The summed E-state index contributed by atoms with van der Waals surface area (Å²) in [6.07, 6.45) is -3.88. The van der Waals surface area contributed by atoms with Crippen LogP contribution in [0.1, 0.15) is 42.5 Å². The molecule has 0 amide bonds. The standard InChI is InChI=1S/C26H27F7N2O/c1-15-11-18-17-6-3-2-5-16(17)12-19(18)25(35(15)14-26(31,32)33)22-23(29)20(28)13-21(24(22)30)36-10-9-34-8-4-7-27/h2-3,5-6,13,15,25,34H,4,7-12,14H2,1H3/t15-,25+/m1/s1. The molecular weight excluding hydrogens is 489 g/mol. The zero-order valence-corrected chi connectivity index (χ0v) is 19.7. The number of benzene rings is 2. The van der Waals surface area contributed by atoms with Gasteiger partial charge in [-0.15, -0.1) is 0 Å². The molecule has 3 nitrogen and oxygen atoms in total. The van der Waals surface area contributed by atoms with E-state index in [-0.39, 0.29) is 32.4 Å². The fraction of sp³-hybridized carbons (Fsp3) is 0.462. The molecule has 1 aliphatic carbocycles. The van der Waals surface area contributed by atoms with Gasteiger partial charge in [0.2, 0.25) is 0 Å². The van der Waals surface area contributed by atoms with Gasteiger partial charge in [0.1, 0.15) is 6.61 Å². The molecule has 196 valence electrons. The van der Waals surface area contributed by atoms with Crippen molar-refractivity contribution in [2.24, 2.45) is 0 Å². The lowest BCUT2D eigenvalue weighted by molar-refractivity contribution is -0.155. The van der Waals surface area contributed by atoms with Gasteiger partial charge in [-0.2, -0.15) is 13.2 Å². The van der Waals surface area contributed by atoms with Crippen molar-refractivity contribution in [3.05, 3.63) is 70.0 Å². The van der Waals surface area contributed by atoms with Crippen molar-refractivity contribution in [3.8, 4) is 5.75 Å². The summed E-state index contributed by atoms with van der Waals surface area (Å²) in [5.74, 6) is -4.75. The Bertz CT molecular complexity index is 1130. The maximum Gasteiger partial charge on any atom is 0.401 e. The number of nitrogens with one attached hydrogen (secondary N) is 1. The Balaban J connectivity index is 1.75. The van der Waals surface area contributed by atoms with Gasteiger partial charge in [0, 0.05) is 18.7 Å².